The van der Waals surface area contributed by atoms with Gasteiger partial charge in [-0.3, -0.25) is 0 Å². The molecule has 1 heterocycles. The maximum atomic E-state index is 13.6. The molecule has 0 amide bonds. The molecule has 0 saturated carbocycles. The van der Waals surface area contributed by atoms with E-state index in [1.165, 1.54) is 24.0 Å². The Labute approximate surface area is 110 Å². The van der Waals surface area contributed by atoms with Crippen LogP contribution in [0.15, 0.2) is 18.2 Å². The van der Waals surface area contributed by atoms with E-state index in [0.717, 1.165) is 6.54 Å². The SMILES string of the molecule is NC(=S)c1c(F)cccc1NCC1CCSC1. The van der Waals surface area contributed by atoms with Crippen LogP contribution >= 0.6 is 24.0 Å². The van der Waals surface area contributed by atoms with Gasteiger partial charge in [0.15, 0.2) is 0 Å². The van der Waals surface area contributed by atoms with Gasteiger partial charge in [0.2, 0.25) is 0 Å². The highest BCUT2D eigenvalue weighted by molar-refractivity contribution is 7.99. The molecule has 0 radical (unpaired) electrons. The van der Waals surface area contributed by atoms with Gasteiger partial charge < -0.3 is 11.1 Å². The summed E-state index contributed by atoms with van der Waals surface area (Å²) in [5, 5.41) is 3.26. The summed E-state index contributed by atoms with van der Waals surface area (Å²) in [6, 6.07) is 4.87. The van der Waals surface area contributed by atoms with Gasteiger partial charge in [-0.2, -0.15) is 11.8 Å². The third-order valence-corrected chi connectivity index (χ3v) is 4.30. The predicted octanol–water partition coefficient (Wildman–Crippen LogP) is 2.62. The first-order valence-electron chi connectivity index (χ1n) is 5.58. The second-order valence-corrected chi connectivity index (χ2v) is 5.73. The molecule has 0 aromatic heterocycles. The van der Waals surface area contributed by atoms with Crippen LogP contribution < -0.4 is 11.1 Å². The Morgan fingerprint density at radius 2 is 2.41 bits per heavy atom. The quantitative estimate of drug-likeness (QED) is 0.825. The van der Waals surface area contributed by atoms with Crippen molar-refractivity contribution in [3.05, 3.63) is 29.6 Å². The van der Waals surface area contributed by atoms with Crippen molar-refractivity contribution >= 4 is 34.7 Å². The van der Waals surface area contributed by atoms with Crippen molar-refractivity contribution in [2.75, 3.05) is 23.4 Å². The lowest BCUT2D eigenvalue weighted by molar-refractivity contribution is 0.620. The van der Waals surface area contributed by atoms with E-state index in [1.54, 1.807) is 6.07 Å². The molecule has 1 saturated heterocycles. The zero-order valence-electron chi connectivity index (χ0n) is 9.41. The van der Waals surface area contributed by atoms with Crippen molar-refractivity contribution in [2.45, 2.75) is 6.42 Å². The van der Waals surface area contributed by atoms with Gasteiger partial charge in [0.05, 0.1) is 5.56 Å². The number of nitrogens with one attached hydrogen (secondary N) is 1. The zero-order valence-corrected chi connectivity index (χ0v) is 11.0. The number of anilines is 1. The highest BCUT2D eigenvalue weighted by Gasteiger charge is 2.16. The summed E-state index contributed by atoms with van der Waals surface area (Å²) in [4.78, 5) is 0.103. The summed E-state index contributed by atoms with van der Waals surface area (Å²) in [7, 11) is 0. The third kappa shape index (κ3) is 3.10. The van der Waals surface area contributed by atoms with Crippen molar-refractivity contribution in [3.63, 3.8) is 0 Å². The lowest BCUT2D eigenvalue weighted by Gasteiger charge is -2.14. The minimum atomic E-state index is -0.358. The van der Waals surface area contributed by atoms with Crippen LogP contribution in [0.25, 0.3) is 0 Å². The van der Waals surface area contributed by atoms with Gasteiger partial charge in [-0.15, -0.1) is 0 Å². The number of halogens is 1. The summed E-state index contributed by atoms with van der Waals surface area (Å²) < 4.78 is 13.6. The van der Waals surface area contributed by atoms with Crippen LogP contribution in [0.3, 0.4) is 0 Å². The molecule has 5 heteroatoms. The van der Waals surface area contributed by atoms with Crippen LogP contribution in [0, 0.1) is 11.7 Å². The molecule has 1 aliphatic rings. The molecule has 1 fully saturated rings. The van der Waals surface area contributed by atoms with Gasteiger partial charge in [0.1, 0.15) is 10.8 Å². The van der Waals surface area contributed by atoms with Gasteiger partial charge in [-0.1, -0.05) is 18.3 Å². The van der Waals surface area contributed by atoms with Gasteiger partial charge >= 0.3 is 0 Å². The minimum Gasteiger partial charge on any atom is -0.389 e. The first-order chi connectivity index (χ1) is 8.18. The molecule has 1 unspecified atom stereocenters. The number of benzene rings is 1. The van der Waals surface area contributed by atoms with Gasteiger partial charge in [0.25, 0.3) is 0 Å². The van der Waals surface area contributed by atoms with E-state index < -0.39 is 0 Å². The van der Waals surface area contributed by atoms with Crippen LogP contribution in [-0.2, 0) is 0 Å². The van der Waals surface area contributed by atoms with Crippen molar-refractivity contribution < 1.29 is 4.39 Å². The molecule has 1 aliphatic heterocycles. The van der Waals surface area contributed by atoms with E-state index in [-0.39, 0.29) is 10.8 Å². The Kier molecular flexibility index (Phi) is 4.23. The molecule has 0 aliphatic carbocycles. The van der Waals surface area contributed by atoms with E-state index in [1.807, 2.05) is 17.8 Å². The fourth-order valence-electron chi connectivity index (χ4n) is 1.92. The highest BCUT2D eigenvalue weighted by Crippen LogP contribution is 2.25. The zero-order chi connectivity index (χ0) is 12.3. The molecule has 2 rings (SSSR count). The van der Waals surface area contributed by atoms with E-state index in [9.17, 15) is 4.39 Å². The predicted molar refractivity (Wildman–Crippen MR) is 76.2 cm³/mol. The van der Waals surface area contributed by atoms with Crippen LogP contribution in [0.5, 0.6) is 0 Å². The first-order valence-corrected chi connectivity index (χ1v) is 7.14. The number of hydrogen-bond acceptors (Lipinski definition) is 3. The molecular formula is C12H15FN2S2. The molecule has 0 spiro atoms. The fourth-order valence-corrected chi connectivity index (χ4v) is 3.41. The molecule has 3 N–H and O–H groups in total. The minimum absolute atomic E-state index is 0.103. The standard InChI is InChI=1S/C12H15FN2S2/c13-9-2-1-3-10(11(9)12(14)16)15-6-8-4-5-17-7-8/h1-3,8,15H,4-7H2,(H2,14,16). The summed E-state index contributed by atoms with van der Waals surface area (Å²) in [5.41, 5.74) is 6.58. The summed E-state index contributed by atoms with van der Waals surface area (Å²) >= 11 is 6.85. The van der Waals surface area contributed by atoms with Crippen molar-refractivity contribution in [2.24, 2.45) is 11.7 Å². The summed E-state index contributed by atoms with van der Waals surface area (Å²) in [6.07, 6.45) is 1.22. The second-order valence-electron chi connectivity index (χ2n) is 4.14. The summed E-state index contributed by atoms with van der Waals surface area (Å²) in [6.45, 7) is 0.853. The Balaban J connectivity index is 2.09. The van der Waals surface area contributed by atoms with Crippen molar-refractivity contribution in [3.8, 4) is 0 Å². The van der Waals surface area contributed by atoms with Crippen molar-refractivity contribution in [1.29, 1.82) is 0 Å². The number of rotatable bonds is 4. The molecule has 1 aromatic rings. The number of nitrogens with two attached hydrogens (primary N) is 1. The average Bonchev–Trinajstić information content (AvgIpc) is 2.78. The van der Waals surface area contributed by atoms with E-state index in [2.05, 4.69) is 5.32 Å². The van der Waals surface area contributed by atoms with E-state index in [0.29, 0.717) is 17.2 Å². The number of thiocarbonyl (C=S) groups is 1. The highest BCUT2D eigenvalue weighted by atomic mass is 32.2. The topological polar surface area (TPSA) is 38.0 Å². The van der Waals surface area contributed by atoms with Gasteiger partial charge in [0, 0.05) is 12.2 Å². The first kappa shape index (κ1) is 12.6. The molecule has 0 bridgehead atoms. The lowest BCUT2D eigenvalue weighted by Crippen LogP contribution is -2.19. The maximum Gasteiger partial charge on any atom is 0.135 e. The van der Waals surface area contributed by atoms with Gasteiger partial charge in [-0.05, 0) is 36.0 Å². The van der Waals surface area contributed by atoms with Crippen molar-refractivity contribution in [1.82, 2.24) is 0 Å². The fraction of sp³-hybridized carbons (Fsp3) is 0.417. The Morgan fingerprint density at radius 3 is 3.06 bits per heavy atom. The molecule has 2 nitrogen and oxygen atoms in total. The molecular weight excluding hydrogens is 255 g/mol. The average molecular weight is 270 g/mol. The Morgan fingerprint density at radius 1 is 1.59 bits per heavy atom. The third-order valence-electron chi connectivity index (χ3n) is 2.87. The number of hydrogen-bond donors (Lipinski definition) is 2. The monoisotopic (exact) mass is 270 g/mol. The van der Waals surface area contributed by atoms with E-state index >= 15 is 0 Å². The largest absolute Gasteiger partial charge is 0.389 e. The number of thioether (sulfide) groups is 1. The molecule has 1 aromatic carbocycles. The Hall–Kier alpha value is -0.810. The van der Waals surface area contributed by atoms with Crippen LogP contribution in [0.2, 0.25) is 0 Å². The molecule has 92 valence electrons. The smallest absolute Gasteiger partial charge is 0.135 e. The van der Waals surface area contributed by atoms with Gasteiger partial charge in [-0.25, -0.2) is 4.39 Å². The maximum absolute atomic E-state index is 13.6. The lowest BCUT2D eigenvalue weighted by atomic mass is 10.1. The van der Waals surface area contributed by atoms with Crippen LogP contribution in [0.4, 0.5) is 10.1 Å². The molecule has 1 atom stereocenters. The van der Waals surface area contributed by atoms with Crippen LogP contribution in [-0.4, -0.2) is 23.0 Å². The Bertz CT molecular complexity index is 417. The normalized spacial score (nSPS) is 19.2. The van der Waals surface area contributed by atoms with E-state index in [4.69, 9.17) is 18.0 Å². The van der Waals surface area contributed by atoms with Crippen LogP contribution in [0.1, 0.15) is 12.0 Å². The second kappa shape index (κ2) is 5.69. The summed E-state index contributed by atoms with van der Waals surface area (Å²) in [5.74, 6) is 2.69. The molecule has 17 heavy (non-hydrogen) atoms.